The number of rotatable bonds is 9. The molecule has 0 saturated heterocycles. The molecule has 2 aromatic rings. The van der Waals surface area contributed by atoms with E-state index in [4.69, 9.17) is 9.47 Å². The van der Waals surface area contributed by atoms with Gasteiger partial charge in [0, 0.05) is 51.9 Å². The average Bonchev–Trinajstić information content (AvgIpc) is 3.22. The van der Waals surface area contributed by atoms with Crippen molar-refractivity contribution in [3.05, 3.63) is 47.5 Å². The first-order valence-corrected chi connectivity index (χ1v) is 11.3. The Morgan fingerprint density at radius 3 is 2.44 bits per heavy atom. The van der Waals surface area contributed by atoms with Gasteiger partial charge in [0.25, 0.3) is 5.91 Å². The molecule has 0 spiro atoms. The summed E-state index contributed by atoms with van der Waals surface area (Å²) in [5.41, 5.74) is 1.55. The minimum absolute atomic E-state index is 0.00908. The molecule has 3 N–H and O–H groups in total. The van der Waals surface area contributed by atoms with Gasteiger partial charge in [0.1, 0.15) is 0 Å². The second-order valence-electron chi connectivity index (χ2n) is 7.31. The van der Waals surface area contributed by atoms with Gasteiger partial charge < -0.3 is 25.4 Å². The summed E-state index contributed by atoms with van der Waals surface area (Å²) in [5.74, 6) is 0.670. The van der Waals surface area contributed by atoms with Crippen LogP contribution in [0.2, 0.25) is 0 Å². The zero-order chi connectivity index (χ0) is 23.3. The molecule has 1 heterocycles. The fraction of sp³-hybridized carbons (Fsp3) is 0.333. The number of carbonyl (C=O) groups excluding carboxylic acids is 2. The van der Waals surface area contributed by atoms with Gasteiger partial charge in [-0.2, -0.15) is 0 Å². The van der Waals surface area contributed by atoms with Crippen molar-refractivity contribution >= 4 is 27.5 Å². The third kappa shape index (κ3) is 5.68. The van der Waals surface area contributed by atoms with Crippen LogP contribution < -0.4 is 25.4 Å². The van der Waals surface area contributed by atoms with Gasteiger partial charge in [-0.25, -0.2) is 12.7 Å². The largest absolute Gasteiger partial charge is 0.454 e. The molecule has 0 radical (unpaired) electrons. The van der Waals surface area contributed by atoms with Gasteiger partial charge in [-0.3, -0.25) is 9.59 Å². The number of nitrogens with one attached hydrogen (secondary N) is 3. The lowest BCUT2D eigenvalue weighted by molar-refractivity contribution is -0.118. The van der Waals surface area contributed by atoms with Crippen molar-refractivity contribution in [3.63, 3.8) is 0 Å². The summed E-state index contributed by atoms with van der Waals surface area (Å²) in [6.45, 7) is 2.42. The molecule has 0 saturated carbocycles. The smallest absolute Gasteiger partial charge is 0.251 e. The van der Waals surface area contributed by atoms with Gasteiger partial charge in [-0.15, -0.1) is 0 Å². The number of fused-ring (bicyclic) bond motifs is 1. The molecular formula is C21H26N4O6S. The molecule has 0 fully saturated rings. The molecule has 0 bridgehead atoms. The van der Waals surface area contributed by atoms with E-state index in [-0.39, 0.29) is 36.2 Å². The van der Waals surface area contributed by atoms with Gasteiger partial charge in [-0.05, 0) is 35.9 Å². The van der Waals surface area contributed by atoms with Crippen molar-refractivity contribution < 1.29 is 27.5 Å². The molecule has 11 heteroatoms. The van der Waals surface area contributed by atoms with Crippen molar-refractivity contribution in [2.75, 3.05) is 39.3 Å². The molecule has 0 unspecified atom stereocenters. The van der Waals surface area contributed by atoms with E-state index in [9.17, 15) is 18.0 Å². The van der Waals surface area contributed by atoms with Crippen molar-refractivity contribution in [1.82, 2.24) is 14.9 Å². The average molecular weight is 463 g/mol. The number of benzene rings is 2. The molecule has 32 heavy (non-hydrogen) atoms. The Balaban J connectivity index is 1.80. The number of sulfonamides is 1. The van der Waals surface area contributed by atoms with E-state index in [0.717, 1.165) is 9.87 Å². The minimum atomic E-state index is -3.76. The summed E-state index contributed by atoms with van der Waals surface area (Å²) in [5, 5.41) is 8.42. The van der Waals surface area contributed by atoms with Crippen LogP contribution in [0.1, 0.15) is 22.8 Å². The van der Waals surface area contributed by atoms with Crippen LogP contribution in [0, 0.1) is 0 Å². The first-order chi connectivity index (χ1) is 15.2. The van der Waals surface area contributed by atoms with Crippen LogP contribution >= 0.6 is 0 Å². The Morgan fingerprint density at radius 1 is 1.00 bits per heavy atom. The van der Waals surface area contributed by atoms with E-state index in [1.54, 1.807) is 12.1 Å². The van der Waals surface area contributed by atoms with E-state index in [1.165, 1.54) is 33.2 Å². The Hall–Kier alpha value is -3.31. The summed E-state index contributed by atoms with van der Waals surface area (Å²) >= 11 is 0. The van der Waals surface area contributed by atoms with Crippen LogP contribution in [0.15, 0.2) is 41.3 Å². The lowest BCUT2D eigenvalue weighted by Gasteiger charge is -2.15. The summed E-state index contributed by atoms with van der Waals surface area (Å²) in [6, 6.07) is 9.91. The number of ether oxygens (including phenoxy) is 2. The summed E-state index contributed by atoms with van der Waals surface area (Å²) < 4.78 is 37.1. The number of amides is 2. The number of nitrogens with zero attached hydrogens (tertiary/aromatic N) is 1. The number of hydrogen-bond acceptors (Lipinski definition) is 7. The summed E-state index contributed by atoms with van der Waals surface area (Å²) in [6.07, 6.45) is 0. The molecule has 1 aliphatic rings. The molecule has 2 amide bonds. The fourth-order valence-corrected chi connectivity index (χ4v) is 3.94. The van der Waals surface area contributed by atoms with Crippen molar-refractivity contribution in [2.45, 2.75) is 18.4 Å². The molecular weight excluding hydrogens is 436 g/mol. The number of anilines is 1. The Morgan fingerprint density at radius 2 is 1.72 bits per heavy atom. The summed E-state index contributed by atoms with van der Waals surface area (Å²) in [4.78, 5) is 23.5. The molecule has 0 aliphatic carbocycles. The fourth-order valence-electron chi connectivity index (χ4n) is 2.96. The van der Waals surface area contributed by atoms with E-state index in [2.05, 4.69) is 16.0 Å². The lowest BCUT2D eigenvalue weighted by atomic mass is 10.1. The van der Waals surface area contributed by atoms with Crippen LogP contribution in [-0.2, 0) is 21.4 Å². The maximum absolute atomic E-state index is 12.7. The van der Waals surface area contributed by atoms with Crippen LogP contribution in [0.3, 0.4) is 0 Å². The first-order valence-electron chi connectivity index (χ1n) is 9.89. The van der Waals surface area contributed by atoms with Gasteiger partial charge >= 0.3 is 0 Å². The first kappa shape index (κ1) is 23.4. The maximum atomic E-state index is 12.7. The van der Waals surface area contributed by atoms with E-state index in [0.29, 0.717) is 23.7 Å². The Kier molecular flexibility index (Phi) is 7.21. The lowest BCUT2D eigenvalue weighted by Crippen LogP contribution is -2.33. The molecule has 2 aromatic carbocycles. The van der Waals surface area contributed by atoms with Crippen LogP contribution in [0.5, 0.6) is 11.5 Å². The zero-order valence-electron chi connectivity index (χ0n) is 18.1. The normalized spacial score (nSPS) is 12.5. The van der Waals surface area contributed by atoms with Crippen molar-refractivity contribution in [3.8, 4) is 11.5 Å². The third-order valence-corrected chi connectivity index (χ3v) is 6.46. The molecule has 0 aromatic heterocycles. The van der Waals surface area contributed by atoms with Crippen molar-refractivity contribution in [1.29, 1.82) is 0 Å². The van der Waals surface area contributed by atoms with E-state index >= 15 is 0 Å². The van der Waals surface area contributed by atoms with Gasteiger partial charge in [0.15, 0.2) is 11.5 Å². The van der Waals surface area contributed by atoms with Crippen LogP contribution in [-0.4, -0.2) is 58.5 Å². The highest BCUT2D eigenvalue weighted by atomic mass is 32.2. The zero-order valence-corrected chi connectivity index (χ0v) is 18.9. The summed E-state index contributed by atoms with van der Waals surface area (Å²) in [7, 11) is -0.911. The maximum Gasteiger partial charge on any atom is 0.251 e. The SMILES string of the molecule is CC(=O)NCCNC(=O)c1cc(NCc2ccc3c(c2)OCO3)cc(S(=O)(=O)N(C)C)c1. The van der Waals surface area contributed by atoms with Gasteiger partial charge in [-0.1, -0.05) is 6.07 Å². The monoisotopic (exact) mass is 462 g/mol. The van der Waals surface area contributed by atoms with Crippen LogP contribution in [0.4, 0.5) is 5.69 Å². The molecule has 1 aliphatic heterocycles. The predicted octanol–water partition coefficient (Wildman–Crippen LogP) is 1.14. The highest BCUT2D eigenvalue weighted by Gasteiger charge is 2.21. The van der Waals surface area contributed by atoms with E-state index in [1.807, 2.05) is 12.1 Å². The quantitative estimate of drug-likeness (QED) is 0.477. The topological polar surface area (TPSA) is 126 Å². The number of hydrogen-bond donors (Lipinski definition) is 3. The minimum Gasteiger partial charge on any atom is -0.454 e. The molecule has 172 valence electrons. The van der Waals surface area contributed by atoms with E-state index < -0.39 is 15.9 Å². The molecule has 10 nitrogen and oxygen atoms in total. The second-order valence-corrected chi connectivity index (χ2v) is 9.47. The second kappa shape index (κ2) is 9.88. The predicted molar refractivity (Wildman–Crippen MR) is 118 cm³/mol. The van der Waals surface area contributed by atoms with Gasteiger partial charge in [0.2, 0.25) is 22.7 Å². The number of carbonyl (C=O) groups is 2. The standard InChI is InChI=1S/C21H26N4O6S/c1-14(26)22-6-7-23-21(27)16-9-17(11-18(10-16)32(28,29)25(2)3)24-12-15-4-5-19-20(8-15)31-13-30-19/h4-5,8-11,24H,6-7,12-13H2,1-3H3,(H,22,26)(H,23,27). The van der Waals surface area contributed by atoms with Crippen molar-refractivity contribution in [2.24, 2.45) is 0 Å². The Bertz CT molecular complexity index is 1120. The molecule has 3 rings (SSSR count). The van der Waals surface area contributed by atoms with Gasteiger partial charge in [0.05, 0.1) is 4.90 Å². The Labute approximate surface area is 186 Å². The molecule has 0 atom stereocenters. The van der Waals surface area contributed by atoms with Crippen LogP contribution in [0.25, 0.3) is 0 Å². The third-order valence-electron chi connectivity index (χ3n) is 4.67. The highest BCUT2D eigenvalue weighted by Crippen LogP contribution is 2.32. The highest BCUT2D eigenvalue weighted by molar-refractivity contribution is 7.89.